The number of hydrogen-bond donors (Lipinski definition) is 0. The molecule has 3 aromatic rings. The molecule has 3 rings (SSSR count). The summed E-state index contributed by atoms with van der Waals surface area (Å²) in [6.07, 6.45) is 0. The Kier molecular flexibility index (Phi) is 4.76. The number of hydrogen-bond acceptors (Lipinski definition) is 4. The van der Waals surface area contributed by atoms with Crippen molar-refractivity contribution in [2.45, 2.75) is 17.3 Å². The number of carbonyl (C=O) groups excluding carboxylic acids is 1. The van der Waals surface area contributed by atoms with Gasteiger partial charge in [-0.3, -0.25) is 4.79 Å². The van der Waals surface area contributed by atoms with Gasteiger partial charge in [0, 0.05) is 7.05 Å². The van der Waals surface area contributed by atoms with E-state index in [1.54, 1.807) is 36.7 Å². The Morgan fingerprint density at radius 2 is 1.75 bits per heavy atom. The van der Waals surface area contributed by atoms with Gasteiger partial charge in [0.15, 0.2) is 11.0 Å². The predicted octanol–water partition coefficient (Wildman–Crippen LogP) is 4.04. The zero-order chi connectivity index (χ0) is 17.1. The second-order valence-corrected chi connectivity index (χ2v) is 6.44. The summed E-state index contributed by atoms with van der Waals surface area (Å²) in [5.41, 5.74) is 1.30. The summed E-state index contributed by atoms with van der Waals surface area (Å²) in [6, 6.07) is 16.0. The van der Waals surface area contributed by atoms with E-state index in [1.165, 1.54) is 17.8 Å². The maximum atomic E-state index is 14.0. The third kappa shape index (κ3) is 3.23. The SMILES string of the molecule is CC(=O)[C@@H](Sc1nnc(-c2ccccc2F)n1C)c1ccccc1. The average Bonchev–Trinajstić information content (AvgIpc) is 2.94. The first-order valence-corrected chi connectivity index (χ1v) is 8.32. The van der Waals surface area contributed by atoms with Crippen LogP contribution in [0.2, 0.25) is 0 Å². The minimum atomic E-state index is -0.373. The third-order valence-corrected chi connectivity index (χ3v) is 5.05. The fourth-order valence-electron chi connectivity index (χ4n) is 2.41. The number of thioether (sulfide) groups is 1. The third-order valence-electron chi connectivity index (χ3n) is 3.64. The zero-order valence-corrected chi connectivity index (χ0v) is 14.1. The van der Waals surface area contributed by atoms with Crippen LogP contribution in [0.25, 0.3) is 11.4 Å². The molecule has 0 radical (unpaired) electrons. The lowest BCUT2D eigenvalue weighted by Gasteiger charge is -2.13. The highest BCUT2D eigenvalue weighted by atomic mass is 32.2. The van der Waals surface area contributed by atoms with Crippen LogP contribution in [0.15, 0.2) is 59.8 Å². The molecule has 1 heterocycles. The Balaban J connectivity index is 1.94. The molecule has 4 nitrogen and oxygen atoms in total. The van der Waals surface area contributed by atoms with Gasteiger partial charge in [0.05, 0.1) is 10.8 Å². The molecule has 0 aliphatic heterocycles. The van der Waals surface area contributed by atoms with E-state index >= 15 is 0 Å². The van der Waals surface area contributed by atoms with Crippen LogP contribution < -0.4 is 0 Å². The lowest BCUT2D eigenvalue weighted by molar-refractivity contribution is -0.116. The van der Waals surface area contributed by atoms with Crippen LogP contribution >= 0.6 is 11.8 Å². The number of nitrogens with zero attached hydrogens (tertiary/aromatic N) is 3. The van der Waals surface area contributed by atoms with Gasteiger partial charge in [-0.2, -0.15) is 0 Å². The van der Waals surface area contributed by atoms with Crippen LogP contribution in [0.4, 0.5) is 4.39 Å². The molecule has 0 N–H and O–H groups in total. The lowest BCUT2D eigenvalue weighted by atomic mass is 10.1. The molecule has 0 unspecified atom stereocenters. The number of benzene rings is 2. The fraction of sp³-hybridized carbons (Fsp3) is 0.167. The molecule has 6 heteroatoms. The van der Waals surface area contributed by atoms with Crippen molar-refractivity contribution in [2.24, 2.45) is 7.05 Å². The first-order chi connectivity index (χ1) is 11.6. The van der Waals surface area contributed by atoms with Crippen LogP contribution in [0, 0.1) is 5.82 Å². The number of rotatable bonds is 5. The van der Waals surface area contributed by atoms with Gasteiger partial charge in [0.25, 0.3) is 0 Å². The van der Waals surface area contributed by atoms with E-state index in [0.717, 1.165) is 5.56 Å². The van der Waals surface area contributed by atoms with Crippen molar-refractivity contribution in [2.75, 3.05) is 0 Å². The summed E-state index contributed by atoms with van der Waals surface area (Å²) in [4.78, 5) is 12.1. The van der Waals surface area contributed by atoms with Crippen LogP contribution in [-0.2, 0) is 11.8 Å². The molecule has 1 aromatic heterocycles. The quantitative estimate of drug-likeness (QED) is 0.657. The standard InChI is InChI=1S/C18H16FN3OS/c1-12(23)16(13-8-4-3-5-9-13)24-18-21-20-17(22(18)2)14-10-6-7-11-15(14)19/h3-11,16H,1-2H3/t16-/m1/s1. The van der Waals surface area contributed by atoms with Crippen LogP contribution in [0.3, 0.4) is 0 Å². The van der Waals surface area contributed by atoms with Gasteiger partial charge < -0.3 is 4.57 Å². The van der Waals surface area contributed by atoms with E-state index in [4.69, 9.17) is 0 Å². The topological polar surface area (TPSA) is 47.8 Å². The normalized spacial score (nSPS) is 12.1. The van der Waals surface area contributed by atoms with E-state index in [2.05, 4.69) is 10.2 Å². The molecule has 0 saturated heterocycles. The maximum Gasteiger partial charge on any atom is 0.192 e. The van der Waals surface area contributed by atoms with E-state index in [9.17, 15) is 9.18 Å². The number of Topliss-reactive ketones (excluding diaryl/α,β-unsaturated/α-hetero) is 1. The molecule has 0 fully saturated rings. The Morgan fingerprint density at radius 3 is 2.42 bits per heavy atom. The van der Waals surface area contributed by atoms with Crippen molar-refractivity contribution in [1.82, 2.24) is 14.8 Å². The number of aromatic nitrogens is 3. The van der Waals surface area contributed by atoms with Crippen molar-refractivity contribution in [3.05, 3.63) is 66.0 Å². The van der Waals surface area contributed by atoms with Crippen molar-refractivity contribution < 1.29 is 9.18 Å². The lowest BCUT2D eigenvalue weighted by Crippen LogP contribution is -2.06. The minimum Gasteiger partial charge on any atom is -0.305 e. The number of ketones is 1. The molecule has 0 saturated carbocycles. The molecule has 0 bridgehead atoms. The maximum absolute atomic E-state index is 14.0. The smallest absolute Gasteiger partial charge is 0.192 e. The van der Waals surface area contributed by atoms with Gasteiger partial charge in [-0.15, -0.1) is 10.2 Å². The number of carbonyl (C=O) groups is 1. The Morgan fingerprint density at radius 1 is 1.08 bits per heavy atom. The average molecular weight is 341 g/mol. The molecule has 24 heavy (non-hydrogen) atoms. The van der Waals surface area contributed by atoms with Gasteiger partial charge in [-0.1, -0.05) is 54.2 Å². The van der Waals surface area contributed by atoms with Crippen LogP contribution in [-0.4, -0.2) is 20.5 Å². The first-order valence-electron chi connectivity index (χ1n) is 7.44. The molecular weight excluding hydrogens is 325 g/mol. The zero-order valence-electron chi connectivity index (χ0n) is 13.3. The summed E-state index contributed by atoms with van der Waals surface area (Å²) >= 11 is 1.32. The van der Waals surface area contributed by atoms with E-state index in [1.807, 2.05) is 30.3 Å². The molecule has 122 valence electrons. The summed E-state index contributed by atoms with van der Waals surface area (Å²) in [5, 5.41) is 8.43. The second kappa shape index (κ2) is 6.97. The first kappa shape index (κ1) is 16.4. The highest BCUT2D eigenvalue weighted by molar-refractivity contribution is 8.00. The molecule has 0 aliphatic carbocycles. The van der Waals surface area contributed by atoms with E-state index < -0.39 is 0 Å². The Bertz CT molecular complexity index is 864. The van der Waals surface area contributed by atoms with E-state index in [0.29, 0.717) is 16.5 Å². The Hall–Kier alpha value is -2.47. The predicted molar refractivity (Wildman–Crippen MR) is 92.1 cm³/mol. The minimum absolute atomic E-state index is 0.0293. The van der Waals surface area contributed by atoms with Gasteiger partial charge in [0.2, 0.25) is 0 Å². The summed E-state index contributed by atoms with van der Waals surface area (Å²) in [7, 11) is 1.77. The van der Waals surface area contributed by atoms with E-state index in [-0.39, 0.29) is 16.9 Å². The highest BCUT2D eigenvalue weighted by Crippen LogP contribution is 2.36. The number of halogens is 1. The molecule has 0 amide bonds. The van der Waals surface area contributed by atoms with Crippen molar-refractivity contribution in [1.29, 1.82) is 0 Å². The van der Waals surface area contributed by atoms with Crippen molar-refractivity contribution in [3.63, 3.8) is 0 Å². The summed E-state index contributed by atoms with van der Waals surface area (Å²) in [6.45, 7) is 1.55. The fourth-order valence-corrected chi connectivity index (χ4v) is 3.42. The van der Waals surface area contributed by atoms with Gasteiger partial charge in [0.1, 0.15) is 11.6 Å². The second-order valence-electron chi connectivity index (χ2n) is 5.36. The highest BCUT2D eigenvalue weighted by Gasteiger charge is 2.22. The van der Waals surface area contributed by atoms with Crippen molar-refractivity contribution >= 4 is 17.5 Å². The molecular formula is C18H16FN3OS. The Labute approximate surface area is 143 Å². The summed E-state index contributed by atoms with van der Waals surface area (Å²) in [5.74, 6) is 0.114. The molecule has 0 aliphatic rings. The monoisotopic (exact) mass is 341 g/mol. The van der Waals surface area contributed by atoms with Gasteiger partial charge >= 0.3 is 0 Å². The van der Waals surface area contributed by atoms with Gasteiger partial charge in [-0.25, -0.2) is 4.39 Å². The molecule has 0 spiro atoms. The molecule has 2 aromatic carbocycles. The largest absolute Gasteiger partial charge is 0.305 e. The van der Waals surface area contributed by atoms with Crippen LogP contribution in [0.5, 0.6) is 0 Å². The van der Waals surface area contributed by atoms with Crippen molar-refractivity contribution in [3.8, 4) is 11.4 Å². The summed E-state index contributed by atoms with van der Waals surface area (Å²) < 4.78 is 15.7. The van der Waals surface area contributed by atoms with Gasteiger partial charge in [-0.05, 0) is 24.6 Å². The molecule has 1 atom stereocenters. The van der Waals surface area contributed by atoms with Crippen LogP contribution in [0.1, 0.15) is 17.7 Å².